The summed E-state index contributed by atoms with van der Waals surface area (Å²) in [6.45, 7) is 3.53. The Morgan fingerprint density at radius 3 is 2.75 bits per heavy atom. The molecule has 4 rings (SSSR count). The van der Waals surface area contributed by atoms with E-state index in [0.29, 0.717) is 6.54 Å². The minimum absolute atomic E-state index is 0.0382. The lowest BCUT2D eigenvalue weighted by molar-refractivity contribution is 0.279. The van der Waals surface area contributed by atoms with Crippen LogP contribution in [0, 0.1) is 6.92 Å². The summed E-state index contributed by atoms with van der Waals surface area (Å²) in [5.41, 5.74) is 3.06. The fourth-order valence-electron chi connectivity index (χ4n) is 3.22. The quantitative estimate of drug-likeness (QED) is 0.821. The number of nitrogens with one attached hydrogen (secondary N) is 2. The first kappa shape index (κ1) is 15.6. The van der Waals surface area contributed by atoms with Crippen LogP contribution in [0.3, 0.4) is 0 Å². The molecule has 0 spiro atoms. The summed E-state index contributed by atoms with van der Waals surface area (Å²) in [4.78, 5) is 4.20. The molecule has 24 heavy (non-hydrogen) atoms. The van der Waals surface area contributed by atoms with Gasteiger partial charge in [0.2, 0.25) is 0 Å². The number of aryl methyl sites for hydroxylation is 1. The van der Waals surface area contributed by atoms with Crippen molar-refractivity contribution >= 4 is 17.9 Å². The molecular weight excluding hydrogens is 322 g/mol. The molecular formula is C19H20ClN3O. The van der Waals surface area contributed by atoms with Crippen LogP contribution in [0.1, 0.15) is 22.8 Å². The number of nitrogens with zero attached hydrogens (tertiary/aromatic N) is 1. The van der Waals surface area contributed by atoms with Gasteiger partial charge < -0.3 is 10.1 Å². The van der Waals surface area contributed by atoms with E-state index in [1.54, 1.807) is 6.34 Å². The van der Waals surface area contributed by atoms with Crippen LogP contribution in [0.4, 0.5) is 0 Å². The van der Waals surface area contributed by atoms with Crippen molar-refractivity contribution in [2.75, 3.05) is 13.1 Å². The van der Waals surface area contributed by atoms with Gasteiger partial charge in [-0.15, -0.1) is 0 Å². The molecule has 3 unspecified atom stereocenters. The zero-order valence-corrected chi connectivity index (χ0v) is 14.3. The molecule has 1 saturated heterocycles. The summed E-state index contributed by atoms with van der Waals surface area (Å²) in [7, 11) is 0. The lowest BCUT2D eigenvalue weighted by atomic mass is 9.91. The van der Waals surface area contributed by atoms with E-state index < -0.39 is 0 Å². The lowest BCUT2D eigenvalue weighted by Gasteiger charge is -2.19. The van der Waals surface area contributed by atoms with E-state index in [0.717, 1.165) is 17.1 Å². The first-order valence-corrected chi connectivity index (χ1v) is 8.54. The smallest absolute Gasteiger partial charge is 0.137 e. The molecule has 2 heterocycles. The van der Waals surface area contributed by atoms with E-state index in [9.17, 15) is 0 Å². The highest BCUT2D eigenvalue weighted by molar-refractivity contribution is 6.31. The molecule has 2 aromatic rings. The monoisotopic (exact) mass is 341 g/mol. The van der Waals surface area contributed by atoms with Crippen LogP contribution in [0.25, 0.3) is 0 Å². The fraction of sp³-hybridized carbons (Fsp3) is 0.316. The van der Waals surface area contributed by atoms with Crippen LogP contribution in [-0.4, -0.2) is 25.6 Å². The Morgan fingerprint density at radius 2 is 2.04 bits per heavy atom. The number of hydrogen-bond acceptors (Lipinski definition) is 4. The number of benzene rings is 2. The van der Waals surface area contributed by atoms with Crippen LogP contribution in [-0.2, 0) is 10.3 Å². The van der Waals surface area contributed by atoms with Gasteiger partial charge in [-0.05, 0) is 18.6 Å². The van der Waals surface area contributed by atoms with Gasteiger partial charge in [0.25, 0.3) is 0 Å². The number of epoxide rings is 1. The zero-order chi connectivity index (χ0) is 16.6. The van der Waals surface area contributed by atoms with Crippen LogP contribution >= 0.6 is 11.6 Å². The van der Waals surface area contributed by atoms with Crippen molar-refractivity contribution in [3.8, 4) is 0 Å². The van der Waals surface area contributed by atoms with Crippen molar-refractivity contribution in [2.24, 2.45) is 4.99 Å². The minimum atomic E-state index is -0.386. The standard InChI is InChI=1S/C19H20ClN3O/c1-13-6-8-14(9-7-13)19(11-22-17-10-21-12-23-17)18(24-19)15-4-2-3-5-16(15)20/h2-9,12,17-18,22H,10-11H2,1H3,(H,21,23). The largest absolute Gasteiger partial charge is 0.359 e. The molecule has 0 aromatic heterocycles. The van der Waals surface area contributed by atoms with Gasteiger partial charge in [-0.2, -0.15) is 0 Å². The van der Waals surface area contributed by atoms with Crippen molar-refractivity contribution in [1.82, 2.24) is 10.6 Å². The van der Waals surface area contributed by atoms with Gasteiger partial charge in [0.05, 0.1) is 19.0 Å². The molecule has 2 aliphatic rings. The summed E-state index contributed by atoms with van der Waals surface area (Å²) in [5.74, 6) is 0. The van der Waals surface area contributed by atoms with Gasteiger partial charge in [-0.25, -0.2) is 0 Å². The van der Waals surface area contributed by atoms with Gasteiger partial charge in [-0.1, -0.05) is 59.6 Å². The Hall–Kier alpha value is -1.88. The number of rotatable bonds is 5. The summed E-state index contributed by atoms with van der Waals surface area (Å²) in [6.07, 6.45) is 1.86. The average Bonchev–Trinajstić information content (AvgIpc) is 3.08. The predicted octanol–water partition coefficient (Wildman–Crippen LogP) is 3.16. The van der Waals surface area contributed by atoms with Crippen LogP contribution in [0.5, 0.6) is 0 Å². The molecule has 2 aromatic carbocycles. The molecule has 2 N–H and O–H groups in total. The highest BCUT2D eigenvalue weighted by Crippen LogP contribution is 2.57. The van der Waals surface area contributed by atoms with Gasteiger partial charge in [0, 0.05) is 17.1 Å². The molecule has 0 aliphatic carbocycles. The maximum absolute atomic E-state index is 6.39. The van der Waals surface area contributed by atoms with Gasteiger partial charge in [0.1, 0.15) is 11.7 Å². The Balaban J connectivity index is 1.61. The third-order valence-electron chi connectivity index (χ3n) is 4.69. The summed E-state index contributed by atoms with van der Waals surface area (Å²) in [6, 6.07) is 16.4. The molecule has 5 heteroatoms. The van der Waals surface area contributed by atoms with Crippen molar-refractivity contribution in [3.05, 3.63) is 70.2 Å². The molecule has 0 bridgehead atoms. The third-order valence-corrected chi connectivity index (χ3v) is 5.03. The minimum Gasteiger partial charge on any atom is -0.359 e. The van der Waals surface area contributed by atoms with Crippen molar-refractivity contribution in [1.29, 1.82) is 0 Å². The molecule has 4 nitrogen and oxygen atoms in total. The molecule has 124 valence electrons. The SMILES string of the molecule is Cc1ccc(C2(CNC3CN=CN3)OC2c2ccccc2Cl)cc1. The van der Waals surface area contributed by atoms with Crippen molar-refractivity contribution < 1.29 is 4.74 Å². The van der Waals surface area contributed by atoms with E-state index >= 15 is 0 Å². The Morgan fingerprint density at radius 1 is 1.25 bits per heavy atom. The van der Waals surface area contributed by atoms with Crippen LogP contribution in [0.2, 0.25) is 5.02 Å². The van der Waals surface area contributed by atoms with E-state index in [1.165, 1.54) is 11.1 Å². The van der Waals surface area contributed by atoms with Crippen molar-refractivity contribution in [2.45, 2.75) is 24.8 Å². The van der Waals surface area contributed by atoms with E-state index in [4.69, 9.17) is 16.3 Å². The second-order valence-corrected chi connectivity index (χ2v) is 6.78. The first-order valence-electron chi connectivity index (χ1n) is 8.16. The molecule has 2 aliphatic heterocycles. The summed E-state index contributed by atoms with van der Waals surface area (Å²) in [5, 5.41) is 7.46. The van der Waals surface area contributed by atoms with Crippen molar-refractivity contribution in [3.63, 3.8) is 0 Å². The highest BCUT2D eigenvalue weighted by Gasteiger charge is 2.58. The number of aliphatic imine (C=N–C) groups is 1. The predicted molar refractivity (Wildman–Crippen MR) is 96.4 cm³/mol. The topological polar surface area (TPSA) is 49.0 Å². The van der Waals surface area contributed by atoms with E-state index in [-0.39, 0.29) is 17.9 Å². The second kappa shape index (κ2) is 6.20. The van der Waals surface area contributed by atoms with E-state index in [1.807, 2.05) is 24.3 Å². The van der Waals surface area contributed by atoms with Crippen LogP contribution < -0.4 is 10.6 Å². The Labute approximate surface area is 146 Å². The number of halogens is 1. The number of hydrogen-bond donors (Lipinski definition) is 2. The Kier molecular flexibility index (Phi) is 4.04. The summed E-state index contributed by atoms with van der Waals surface area (Å²) >= 11 is 6.39. The van der Waals surface area contributed by atoms with Gasteiger partial charge >= 0.3 is 0 Å². The molecule has 0 amide bonds. The molecule has 1 fully saturated rings. The first-order chi connectivity index (χ1) is 11.7. The number of ether oxygens (including phenoxy) is 1. The zero-order valence-electron chi connectivity index (χ0n) is 13.5. The molecule has 0 saturated carbocycles. The Bertz CT molecular complexity index is 753. The van der Waals surface area contributed by atoms with Gasteiger partial charge in [0.15, 0.2) is 0 Å². The summed E-state index contributed by atoms with van der Waals surface area (Å²) < 4.78 is 6.24. The third kappa shape index (κ3) is 2.81. The lowest BCUT2D eigenvalue weighted by Crippen LogP contribution is -2.44. The molecule has 0 radical (unpaired) electrons. The molecule has 3 atom stereocenters. The van der Waals surface area contributed by atoms with Gasteiger partial charge in [-0.3, -0.25) is 10.3 Å². The highest BCUT2D eigenvalue weighted by atomic mass is 35.5. The maximum Gasteiger partial charge on any atom is 0.137 e. The fourth-order valence-corrected chi connectivity index (χ4v) is 3.46. The van der Waals surface area contributed by atoms with E-state index in [2.05, 4.69) is 46.8 Å². The van der Waals surface area contributed by atoms with Crippen LogP contribution in [0.15, 0.2) is 53.5 Å². The normalized spacial score (nSPS) is 27.9. The second-order valence-electron chi connectivity index (χ2n) is 6.37. The average molecular weight is 342 g/mol. The maximum atomic E-state index is 6.39.